The molecule has 1 atom stereocenters. The Bertz CT molecular complexity index is 917. The first-order valence-corrected chi connectivity index (χ1v) is 10.3. The number of halogens is 1. The average molecular weight is 397 g/mol. The number of fused-ring (bicyclic) bond motifs is 1. The summed E-state index contributed by atoms with van der Waals surface area (Å²) in [7, 11) is -3.65. The Kier molecular flexibility index (Phi) is 5.82. The Balaban J connectivity index is 1.84. The van der Waals surface area contributed by atoms with Gasteiger partial charge in [-0.15, -0.1) is 0 Å². The van der Waals surface area contributed by atoms with Crippen LogP contribution < -0.4 is 5.32 Å². The van der Waals surface area contributed by atoms with Crippen molar-refractivity contribution in [3.05, 3.63) is 41.4 Å². The largest absolute Gasteiger partial charge is 0.480 e. The van der Waals surface area contributed by atoms with Gasteiger partial charge in [-0.3, -0.25) is 4.79 Å². The van der Waals surface area contributed by atoms with Crippen LogP contribution in [0, 0.1) is 5.92 Å². The first kappa shape index (κ1) is 19.1. The number of nitrogens with one attached hydrogen (secondary N) is 1. The van der Waals surface area contributed by atoms with E-state index in [1.807, 2.05) is 12.1 Å². The minimum atomic E-state index is -3.65. The Labute approximate surface area is 157 Å². The second kappa shape index (κ2) is 7.92. The van der Waals surface area contributed by atoms with Crippen LogP contribution in [0.2, 0.25) is 5.02 Å². The first-order valence-electron chi connectivity index (χ1n) is 8.49. The molecule has 0 saturated carbocycles. The van der Waals surface area contributed by atoms with Crippen LogP contribution in [0.15, 0.2) is 41.3 Å². The van der Waals surface area contributed by atoms with E-state index >= 15 is 0 Å². The van der Waals surface area contributed by atoms with Crippen LogP contribution >= 0.6 is 11.6 Å². The fourth-order valence-electron chi connectivity index (χ4n) is 3.39. The third-order valence-electron chi connectivity index (χ3n) is 4.64. The molecule has 8 heteroatoms. The van der Waals surface area contributed by atoms with E-state index in [9.17, 15) is 13.2 Å². The quantitative estimate of drug-likeness (QED) is 0.783. The standard InChI is InChI=1S/C18H21ClN2O4S/c19-16-7-8-17(15-6-2-1-5-14(15)16)26(24,25)21-9-3-4-13(12-21)10-20-11-18(22)23/h1-2,5-8,13,20H,3-4,9-12H2,(H,22,23). The summed E-state index contributed by atoms with van der Waals surface area (Å²) in [6.07, 6.45) is 1.63. The van der Waals surface area contributed by atoms with Gasteiger partial charge in [0.2, 0.25) is 10.0 Å². The highest BCUT2D eigenvalue weighted by Gasteiger charge is 2.31. The Hall–Kier alpha value is -1.67. The maximum atomic E-state index is 13.2. The number of benzene rings is 2. The molecule has 6 nitrogen and oxygen atoms in total. The summed E-state index contributed by atoms with van der Waals surface area (Å²) in [5.41, 5.74) is 0. The van der Waals surface area contributed by atoms with Gasteiger partial charge in [0, 0.05) is 28.9 Å². The summed E-state index contributed by atoms with van der Waals surface area (Å²) in [5.74, 6) is -0.825. The van der Waals surface area contributed by atoms with Gasteiger partial charge in [-0.25, -0.2) is 8.42 Å². The molecule has 1 fully saturated rings. The van der Waals surface area contributed by atoms with E-state index in [4.69, 9.17) is 16.7 Å². The van der Waals surface area contributed by atoms with E-state index in [1.54, 1.807) is 24.3 Å². The van der Waals surface area contributed by atoms with E-state index in [0.29, 0.717) is 35.4 Å². The summed E-state index contributed by atoms with van der Waals surface area (Å²) in [6, 6.07) is 10.4. The number of nitrogens with zero attached hydrogens (tertiary/aromatic N) is 1. The summed E-state index contributed by atoms with van der Waals surface area (Å²) in [5, 5.41) is 13.4. The smallest absolute Gasteiger partial charge is 0.317 e. The number of piperidine rings is 1. The highest BCUT2D eigenvalue weighted by molar-refractivity contribution is 7.89. The van der Waals surface area contributed by atoms with E-state index in [0.717, 1.165) is 12.8 Å². The van der Waals surface area contributed by atoms with Crippen LogP contribution in [0.25, 0.3) is 10.8 Å². The normalized spacial score (nSPS) is 18.9. The van der Waals surface area contributed by atoms with Gasteiger partial charge in [-0.1, -0.05) is 35.9 Å². The van der Waals surface area contributed by atoms with Gasteiger partial charge < -0.3 is 10.4 Å². The zero-order chi connectivity index (χ0) is 18.7. The van der Waals surface area contributed by atoms with E-state index < -0.39 is 16.0 Å². The molecule has 2 aromatic carbocycles. The van der Waals surface area contributed by atoms with E-state index in [1.165, 1.54) is 4.31 Å². The van der Waals surface area contributed by atoms with Gasteiger partial charge in [-0.05, 0) is 37.4 Å². The van der Waals surface area contributed by atoms with Gasteiger partial charge in [0.15, 0.2) is 0 Å². The molecule has 0 spiro atoms. The molecule has 140 valence electrons. The van der Waals surface area contributed by atoms with Crippen LogP contribution in [0.3, 0.4) is 0 Å². The highest BCUT2D eigenvalue weighted by atomic mass is 35.5. The number of carboxylic acid groups (broad SMARTS) is 1. The van der Waals surface area contributed by atoms with Crippen molar-refractivity contribution in [2.45, 2.75) is 17.7 Å². The molecule has 1 heterocycles. The van der Waals surface area contributed by atoms with Gasteiger partial charge in [0.25, 0.3) is 0 Å². The summed E-state index contributed by atoms with van der Waals surface area (Å²) < 4.78 is 27.9. The number of carbonyl (C=O) groups is 1. The van der Waals surface area contributed by atoms with Crippen molar-refractivity contribution in [1.82, 2.24) is 9.62 Å². The molecule has 2 aromatic rings. The summed E-state index contributed by atoms with van der Waals surface area (Å²) >= 11 is 6.21. The second-order valence-corrected chi connectivity index (χ2v) is 8.80. The monoisotopic (exact) mass is 396 g/mol. The lowest BCUT2D eigenvalue weighted by Crippen LogP contribution is -2.43. The van der Waals surface area contributed by atoms with Crippen molar-refractivity contribution in [2.75, 3.05) is 26.2 Å². The molecule has 1 aliphatic rings. The zero-order valence-electron chi connectivity index (χ0n) is 14.2. The molecule has 1 saturated heterocycles. The Morgan fingerprint density at radius 1 is 1.23 bits per heavy atom. The molecule has 3 rings (SSSR count). The zero-order valence-corrected chi connectivity index (χ0v) is 15.8. The minimum Gasteiger partial charge on any atom is -0.480 e. The molecular formula is C18H21ClN2O4S. The molecular weight excluding hydrogens is 376 g/mol. The molecule has 26 heavy (non-hydrogen) atoms. The molecule has 0 bridgehead atoms. The SMILES string of the molecule is O=C(O)CNCC1CCCN(S(=O)(=O)c2ccc(Cl)c3ccccc23)C1. The summed E-state index contributed by atoms with van der Waals surface area (Å²) in [4.78, 5) is 10.9. The van der Waals surface area contributed by atoms with Gasteiger partial charge >= 0.3 is 5.97 Å². The fraction of sp³-hybridized carbons (Fsp3) is 0.389. The van der Waals surface area contributed by atoms with Crippen molar-refractivity contribution in [3.8, 4) is 0 Å². The predicted molar refractivity (Wildman–Crippen MR) is 101 cm³/mol. The Morgan fingerprint density at radius 3 is 2.69 bits per heavy atom. The van der Waals surface area contributed by atoms with Crippen molar-refractivity contribution >= 4 is 38.4 Å². The average Bonchev–Trinajstić information content (AvgIpc) is 2.62. The number of sulfonamides is 1. The van der Waals surface area contributed by atoms with Crippen LogP contribution in [-0.2, 0) is 14.8 Å². The molecule has 2 N–H and O–H groups in total. The van der Waals surface area contributed by atoms with E-state index in [-0.39, 0.29) is 17.4 Å². The topological polar surface area (TPSA) is 86.7 Å². The molecule has 0 aromatic heterocycles. The highest BCUT2D eigenvalue weighted by Crippen LogP contribution is 2.32. The second-order valence-electron chi connectivity index (χ2n) is 6.49. The van der Waals surface area contributed by atoms with Gasteiger partial charge in [0.05, 0.1) is 11.4 Å². The third-order valence-corrected chi connectivity index (χ3v) is 6.89. The van der Waals surface area contributed by atoms with Crippen molar-refractivity contribution in [2.24, 2.45) is 5.92 Å². The molecule has 0 radical (unpaired) electrons. The summed E-state index contributed by atoms with van der Waals surface area (Å²) in [6.45, 7) is 1.21. The number of hydrogen-bond donors (Lipinski definition) is 2. The number of hydrogen-bond acceptors (Lipinski definition) is 4. The lowest BCUT2D eigenvalue weighted by atomic mass is 10.00. The van der Waals surface area contributed by atoms with Crippen LogP contribution in [0.4, 0.5) is 0 Å². The first-order chi connectivity index (χ1) is 12.4. The van der Waals surface area contributed by atoms with Crippen LogP contribution in [0.1, 0.15) is 12.8 Å². The molecule has 0 aliphatic carbocycles. The van der Waals surface area contributed by atoms with Gasteiger partial charge in [0.1, 0.15) is 0 Å². The number of carboxylic acids is 1. The van der Waals surface area contributed by atoms with Crippen LogP contribution in [-0.4, -0.2) is 50.0 Å². The van der Waals surface area contributed by atoms with Crippen molar-refractivity contribution in [3.63, 3.8) is 0 Å². The third kappa shape index (κ3) is 4.01. The fourth-order valence-corrected chi connectivity index (χ4v) is 5.37. The lowest BCUT2D eigenvalue weighted by molar-refractivity contribution is -0.136. The van der Waals surface area contributed by atoms with Crippen molar-refractivity contribution < 1.29 is 18.3 Å². The molecule has 0 amide bonds. The Morgan fingerprint density at radius 2 is 1.96 bits per heavy atom. The van der Waals surface area contributed by atoms with Crippen LogP contribution in [0.5, 0.6) is 0 Å². The molecule has 1 unspecified atom stereocenters. The number of aliphatic carboxylic acids is 1. The maximum absolute atomic E-state index is 13.2. The lowest BCUT2D eigenvalue weighted by Gasteiger charge is -2.32. The maximum Gasteiger partial charge on any atom is 0.317 e. The predicted octanol–water partition coefficient (Wildman–Crippen LogP) is 2.57. The van der Waals surface area contributed by atoms with Gasteiger partial charge in [-0.2, -0.15) is 4.31 Å². The van der Waals surface area contributed by atoms with E-state index in [2.05, 4.69) is 5.32 Å². The van der Waals surface area contributed by atoms with Crippen molar-refractivity contribution in [1.29, 1.82) is 0 Å². The minimum absolute atomic E-state index is 0.0939. The number of rotatable bonds is 6. The molecule has 1 aliphatic heterocycles.